The SMILES string of the molecule is C[C@H](NC/C=C/CCl)C1CCCCCC1. The minimum absolute atomic E-state index is 0.624. The highest BCUT2D eigenvalue weighted by molar-refractivity contribution is 6.18. The molecule has 0 amide bonds. The van der Waals surface area contributed by atoms with Crippen LogP contribution in [0.5, 0.6) is 0 Å². The van der Waals surface area contributed by atoms with Crippen LogP contribution >= 0.6 is 11.6 Å². The lowest BCUT2D eigenvalue weighted by Crippen LogP contribution is -2.33. The number of alkyl halides is 1. The molecule has 1 aliphatic carbocycles. The van der Waals surface area contributed by atoms with Crippen LogP contribution in [0.15, 0.2) is 12.2 Å². The number of hydrogen-bond donors (Lipinski definition) is 1. The van der Waals surface area contributed by atoms with Crippen molar-refractivity contribution in [2.45, 2.75) is 51.5 Å². The summed E-state index contributed by atoms with van der Waals surface area (Å²) in [5.41, 5.74) is 0. The molecule has 0 radical (unpaired) electrons. The molecule has 0 spiro atoms. The zero-order valence-corrected chi connectivity index (χ0v) is 10.6. The number of rotatable bonds is 5. The summed E-state index contributed by atoms with van der Waals surface area (Å²) in [5.74, 6) is 1.51. The van der Waals surface area contributed by atoms with Crippen molar-refractivity contribution in [1.82, 2.24) is 5.32 Å². The van der Waals surface area contributed by atoms with Crippen molar-refractivity contribution < 1.29 is 0 Å². The first-order valence-corrected chi connectivity index (χ1v) is 6.82. The second-order valence-electron chi connectivity index (χ2n) is 4.57. The van der Waals surface area contributed by atoms with E-state index >= 15 is 0 Å². The maximum Gasteiger partial charge on any atom is 0.0404 e. The molecule has 0 unspecified atom stereocenters. The van der Waals surface area contributed by atoms with Gasteiger partial charge in [-0.05, 0) is 25.7 Å². The first-order chi connectivity index (χ1) is 7.34. The molecule has 1 rings (SSSR count). The van der Waals surface area contributed by atoms with Crippen LogP contribution in [0.2, 0.25) is 0 Å². The maximum atomic E-state index is 5.57. The van der Waals surface area contributed by atoms with E-state index in [0.717, 1.165) is 12.5 Å². The molecule has 1 N–H and O–H groups in total. The van der Waals surface area contributed by atoms with Gasteiger partial charge in [0.2, 0.25) is 0 Å². The van der Waals surface area contributed by atoms with Gasteiger partial charge in [-0.1, -0.05) is 37.8 Å². The van der Waals surface area contributed by atoms with E-state index in [1.807, 2.05) is 6.08 Å². The Morgan fingerprint density at radius 1 is 1.20 bits per heavy atom. The molecule has 0 aromatic carbocycles. The number of nitrogens with one attached hydrogen (secondary N) is 1. The number of halogens is 1. The van der Waals surface area contributed by atoms with E-state index in [2.05, 4.69) is 18.3 Å². The van der Waals surface area contributed by atoms with Crippen LogP contribution in [0, 0.1) is 5.92 Å². The normalized spacial score (nSPS) is 21.7. The van der Waals surface area contributed by atoms with Crippen molar-refractivity contribution in [1.29, 1.82) is 0 Å². The topological polar surface area (TPSA) is 12.0 Å². The summed E-state index contributed by atoms with van der Waals surface area (Å²) in [4.78, 5) is 0. The van der Waals surface area contributed by atoms with Gasteiger partial charge in [-0.25, -0.2) is 0 Å². The highest BCUT2D eigenvalue weighted by Crippen LogP contribution is 2.25. The van der Waals surface area contributed by atoms with Crippen LogP contribution in [-0.4, -0.2) is 18.5 Å². The van der Waals surface area contributed by atoms with E-state index < -0.39 is 0 Å². The molecule has 0 saturated heterocycles. The standard InChI is InChI=1S/C13H24ClN/c1-12(15-11-7-6-10-14)13-8-4-2-3-5-9-13/h6-7,12-13,15H,2-5,8-11H2,1H3/b7-6+/t12-/m0/s1. The quantitative estimate of drug-likeness (QED) is 0.430. The van der Waals surface area contributed by atoms with Crippen LogP contribution in [-0.2, 0) is 0 Å². The second kappa shape index (κ2) is 8.18. The maximum absolute atomic E-state index is 5.57. The Bertz CT molecular complexity index is 171. The predicted octanol–water partition coefficient (Wildman–Crippen LogP) is 3.73. The molecule has 0 aromatic rings. The Hall–Kier alpha value is -0.0100. The highest BCUT2D eigenvalue weighted by atomic mass is 35.5. The summed E-state index contributed by atoms with van der Waals surface area (Å²) in [7, 11) is 0. The Balaban J connectivity index is 2.19. The molecule has 0 bridgehead atoms. The van der Waals surface area contributed by atoms with Gasteiger partial charge >= 0.3 is 0 Å². The average molecular weight is 230 g/mol. The summed E-state index contributed by atoms with van der Waals surface area (Å²) in [6.45, 7) is 3.29. The van der Waals surface area contributed by atoms with Gasteiger partial charge in [0.05, 0.1) is 0 Å². The van der Waals surface area contributed by atoms with Gasteiger partial charge in [0.1, 0.15) is 0 Å². The van der Waals surface area contributed by atoms with Gasteiger partial charge in [0, 0.05) is 18.5 Å². The fraction of sp³-hybridized carbons (Fsp3) is 0.846. The van der Waals surface area contributed by atoms with Crippen LogP contribution in [0.4, 0.5) is 0 Å². The minimum atomic E-state index is 0.624. The first kappa shape index (κ1) is 13.1. The molecular weight excluding hydrogens is 206 g/mol. The summed E-state index contributed by atoms with van der Waals surface area (Å²) >= 11 is 5.57. The van der Waals surface area contributed by atoms with E-state index in [1.165, 1.54) is 38.5 Å². The summed E-state index contributed by atoms with van der Waals surface area (Å²) < 4.78 is 0. The Kier molecular flexibility index (Phi) is 7.12. The molecule has 1 atom stereocenters. The van der Waals surface area contributed by atoms with Crippen LogP contribution in [0.25, 0.3) is 0 Å². The lowest BCUT2D eigenvalue weighted by molar-refractivity contribution is 0.347. The molecule has 15 heavy (non-hydrogen) atoms. The van der Waals surface area contributed by atoms with Crippen molar-refractivity contribution >= 4 is 11.6 Å². The van der Waals surface area contributed by atoms with E-state index in [9.17, 15) is 0 Å². The van der Waals surface area contributed by atoms with Crippen molar-refractivity contribution in [3.63, 3.8) is 0 Å². The molecule has 1 saturated carbocycles. The van der Waals surface area contributed by atoms with E-state index in [1.54, 1.807) is 0 Å². The van der Waals surface area contributed by atoms with Gasteiger partial charge < -0.3 is 5.32 Å². The largest absolute Gasteiger partial charge is 0.311 e. The third-order valence-corrected chi connectivity index (χ3v) is 3.60. The molecule has 0 aromatic heterocycles. The molecule has 1 nitrogen and oxygen atoms in total. The summed E-state index contributed by atoms with van der Waals surface area (Å²) in [6, 6.07) is 0.656. The molecule has 0 heterocycles. The van der Waals surface area contributed by atoms with E-state index in [4.69, 9.17) is 11.6 Å². The van der Waals surface area contributed by atoms with Crippen molar-refractivity contribution in [2.24, 2.45) is 5.92 Å². The molecule has 1 fully saturated rings. The fourth-order valence-corrected chi connectivity index (χ4v) is 2.50. The van der Waals surface area contributed by atoms with Gasteiger partial charge in [-0.2, -0.15) is 0 Å². The van der Waals surface area contributed by atoms with Crippen molar-refractivity contribution in [3.05, 3.63) is 12.2 Å². The highest BCUT2D eigenvalue weighted by Gasteiger charge is 2.17. The van der Waals surface area contributed by atoms with E-state index in [0.29, 0.717) is 11.9 Å². The van der Waals surface area contributed by atoms with Gasteiger partial charge in [-0.15, -0.1) is 11.6 Å². The second-order valence-corrected chi connectivity index (χ2v) is 4.88. The van der Waals surface area contributed by atoms with Crippen molar-refractivity contribution in [2.75, 3.05) is 12.4 Å². The zero-order valence-electron chi connectivity index (χ0n) is 9.84. The van der Waals surface area contributed by atoms with Gasteiger partial charge in [0.25, 0.3) is 0 Å². The fourth-order valence-electron chi connectivity index (χ4n) is 2.38. The molecular formula is C13H24ClN. The molecule has 0 aliphatic heterocycles. The Labute approximate surface area is 99.3 Å². The molecule has 88 valence electrons. The molecule has 2 heteroatoms. The minimum Gasteiger partial charge on any atom is -0.311 e. The lowest BCUT2D eigenvalue weighted by atomic mass is 9.93. The van der Waals surface area contributed by atoms with Crippen LogP contribution < -0.4 is 5.32 Å². The Morgan fingerprint density at radius 2 is 1.87 bits per heavy atom. The van der Waals surface area contributed by atoms with E-state index in [-0.39, 0.29) is 0 Å². The predicted molar refractivity (Wildman–Crippen MR) is 68.5 cm³/mol. The van der Waals surface area contributed by atoms with Gasteiger partial charge in [-0.3, -0.25) is 0 Å². The van der Waals surface area contributed by atoms with Crippen molar-refractivity contribution in [3.8, 4) is 0 Å². The summed E-state index contributed by atoms with van der Waals surface area (Å²) in [6.07, 6.45) is 12.7. The third-order valence-electron chi connectivity index (χ3n) is 3.42. The Morgan fingerprint density at radius 3 is 2.47 bits per heavy atom. The lowest BCUT2D eigenvalue weighted by Gasteiger charge is -2.23. The average Bonchev–Trinajstić information content (AvgIpc) is 2.52. The summed E-state index contributed by atoms with van der Waals surface area (Å²) in [5, 5.41) is 3.57. The third kappa shape index (κ3) is 5.58. The number of allylic oxidation sites excluding steroid dienone is 1. The number of hydrogen-bond acceptors (Lipinski definition) is 1. The van der Waals surface area contributed by atoms with Crippen LogP contribution in [0.3, 0.4) is 0 Å². The smallest absolute Gasteiger partial charge is 0.0404 e. The first-order valence-electron chi connectivity index (χ1n) is 6.29. The zero-order chi connectivity index (χ0) is 10.9. The van der Waals surface area contributed by atoms with Gasteiger partial charge in [0.15, 0.2) is 0 Å². The molecule has 1 aliphatic rings. The van der Waals surface area contributed by atoms with Crippen LogP contribution in [0.1, 0.15) is 45.4 Å². The monoisotopic (exact) mass is 229 g/mol.